The molecular formula is C46H34N2O2S. The molecule has 5 heteroatoms. The van der Waals surface area contributed by atoms with Gasteiger partial charge < -0.3 is 9.52 Å². The molecule has 2 heterocycles. The number of fused-ring (bicyclic) bond motifs is 5. The first-order chi connectivity index (χ1) is 24.8. The van der Waals surface area contributed by atoms with E-state index in [1.807, 2.05) is 42.5 Å². The van der Waals surface area contributed by atoms with Crippen molar-refractivity contribution in [2.24, 2.45) is 4.99 Å². The lowest BCUT2D eigenvalue weighted by molar-refractivity contribution is 0.473. The summed E-state index contributed by atoms with van der Waals surface area (Å²) in [4.78, 5) is 10.3. The van der Waals surface area contributed by atoms with Gasteiger partial charge in [0.2, 0.25) is 0 Å². The second kappa shape index (κ2) is 12.1. The van der Waals surface area contributed by atoms with Crippen molar-refractivity contribution in [2.45, 2.75) is 26.2 Å². The molecule has 246 valence electrons. The molecule has 0 fully saturated rings. The zero-order valence-electron chi connectivity index (χ0n) is 28.5. The molecule has 4 nitrogen and oxygen atoms in total. The molecule has 9 aromatic rings. The van der Waals surface area contributed by atoms with Crippen LogP contribution in [0.4, 0.5) is 5.69 Å². The molecule has 7 aromatic carbocycles. The maximum Gasteiger partial charge on any atom is 0.135 e. The number of phenols is 1. The van der Waals surface area contributed by atoms with Crippen molar-refractivity contribution in [3.8, 4) is 38.6 Å². The van der Waals surface area contributed by atoms with E-state index in [0.29, 0.717) is 5.56 Å². The van der Waals surface area contributed by atoms with Gasteiger partial charge >= 0.3 is 0 Å². The molecule has 2 aromatic heterocycles. The Hall–Kier alpha value is -6.04. The third-order valence-corrected chi connectivity index (χ3v) is 10.7. The van der Waals surface area contributed by atoms with Crippen molar-refractivity contribution in [3.05, 3.63) is 151 Å². The molecule has 1 N–H and O–H groups in total. The highest BCUT2D eigenvalue weighted by molar-refractivity contribution is 7.21. The van der Waals surface area contributed by atoms with Crippen molar-refractivity contribution < 1.29 is 9.52 Å². The highest BCUT2D eigenvalue weighted by atomic mass is 32.1. The summed E-state index contributed by atoms with van der Waals surface area (Å²) >= 11 is 1.67. The van der Waals surface area contributed by atoms with Gasteiger partial charge in [0.05, 0.1) is 15.9 Å². The van der Waals surface area contributed by atoms with E-state index in [2.05, 4.69) is 112 Å². The number of phenolic OH excluding ortho intramolecular Hbond substituents is 1. The molecule has 9 rings (SSSR count). The third kappa shape index (κ3) is 5.56. The number of aromatic nitrogens is 1. The smallest absolute Gasteiger partial charge is 0.135 e. The lowest BCUT2D eigenvalue weighted by Gasteiger charge is -2.19. The van der Waals surface area contributed by atoms with Crippen LogP contribution in [0.15, 0.2) is 149 Å². The van der Waals surface area contributed by atoms with Crippen molar-refractivity contribution in [3.63, 3.8) is 0 Å². The number of nitrogens with zero attached hydrogens (tertiary/aromatic N) is 2. The number of aliphatic imine (C=N–C) groups is 1. The lowest BCUT2D eigenvalue weighted by Crippen LogP contribution is -2.11. The van der Waals surface area contributed by atoms with E-state index in [-0.39, 0.29) is 11.2 Å². The summed E-state index contributed by atoms with van der Waals surface area (Å²) in [7, 11) is 0. The van der Waals surface area contributed by atoms with Crippen LogP contribution in [0.2, 0.25) is 0 Å². The number of rotatable bonds is 5. The quantitative estimate of drug-likeness (QED) is 0.184. The van der Waals surface area contributed by atoms with E-state index in [1.54, 1.807) is 23.6 Å². The Balaban J connectivity index is 1.22. The Kier molecular flexibility index (Phi) is 7.34. The Morgan fingerprint density at radius 3 is 2.27 bits per heavy atom. The van der Waals surface area contributed by atoms with Gasteiger partial charge in [0.15, 0.2) is 0 Å². The largest absolute Gasteiger partial charge is 0.507 e. The van der Waals surface area contributed by atoms with Gasteiger partial charge in [-0.2, -0.15) is 0 Å². The van der Waals surface area contributed by atoms with Gasteiger partial charge in [-0.1, -0.05) is 106 Å². The summed E-state index contributed by atoms with van der Waals surface area (Å²) in [5.74, 6) is 0.207. The van der Waals surface area contributed by atoms with E-state index in [9.17, 15) is 5.11 Å². The molecule has 0 aliphatic rings. The molecule has 0 amide bonds. The first kappa shape index (κ1) is 31.0. The predicted molar refractivity (Wildman–Crippen MR) is 215 cm³/mol. The fourth-order valence-corrected chi connectivity index (χ4v) is 7.98. The van der Waals surface area contributed by atoms with E-state index in [4.69, 9.17) is 14.4 Å². The Morgan fingerprint density at radius 2 is 1.39 bits per heavy atom. The number of para-hydroxylation sites is 2. The number of aromatic hydroxyl groups is 1. The summed E-state index contributed by atoms with van der Waals surface area (Å²) in [5, 5.41) is 16.2. The summed E-state index contributed by atoms with van der Waals surface area (Å²) in [6.07, 6.45) is 1.76. The average molecular weight is 679 g/mol. The number of benzene rings is 7. The second-order valence-electron chi connectivity index (χ2n) is 14.0. The fraction of sp³-hybridized carbons (Fsp3) is 0.0870. The topological polar surface area (TPSA) is 58.6 Å². The predicted octanol–water partition coefficient (Wildman–Crippen LogP) is 13.1. The van der Waals surface area contributed by atoms with Crippen LogP contribution in [0.1, 0.15) is 31.9 Å². The molecular weight excluding hydrogens is 645 g/mol. The first-order valence-electron chi connectivity index (χ1n) is 17.1. The Labute approximate surface area is 300 Å². The minimum Gasteiger partial charge on any atom is -0.507 e. The number of furan rings is 1. The first-order valence-corrected chi connectivity index (χ1v) is 17.9. The molecule has 51 heavy (non-hydrogen) atoms. The van der Waals surface area contributed by atoms with E-state index in [0.717, 1.165) is 76.2 Å². The van der Waals surface area contributed by atoms with Crippen molar-refractivity contribution in [1.82, 2.24) is 4.98 Å². The summed E-state index contributed by atoms with van der Waals surface area (Å²) in [6.45, 7) is 6.50. The minimum absolute atomic E-state index is 0.0477. The standard InChI is InChI=1S/C46H34N2O2S/c1-46(2,3)32-20-21-40(49)31(23-32)27-47-39-17-8-6-15-36(39)45-48-44-38(34-16-10-12-28-11-4-5-13-33(28)34)25-30(26-43(44)51-45)29-19-22-42-37(24-29)35-14-7-9-18-41(35)50-42/h4-27,49H,1-3H3. The summed E-state index contributed by atoms with van der Waals surface area (Å²) in [6, 6.07) is 48.1. The van der Waals surface area contributed by atoms with Crippen LogP contribution in [0.25, 0.3) is 75.8 Å². The number of hydrogen-bond donors (Lipinski definition) is 1. The van der Waals surface area contributed by atoms with Gasteiger partial charge in [0.1, 0.15) is 21.9 Å². The minimum atomic E-state index is -0.0477. The highest BCUT2D eigenvalue weighted by Gasteiger charge is 2.19. The monoisotopic (exact) mass is 678 g/mol. The van der Waals surface area contributed by atoms with Crippen LogP contribution in [0.3, 0.4) is 0 Å². The van der Waals surface area contributed by atoms with Crippen molar-refractivity contribution >= 4 is 66.2 Å². The molecule has 0 aliphatic carbocycles. The molecule has 0 radical (unpaired) electrons. The van der Waals surface area contributed by atoms with Crippen LogP contribution in [-0.4, -0.2) is 16.3 Å². The van der Waals surface area contributed by atoms with Gasteiger partial charge in [0, 0.05) is 33.7 Å². The van der Waals surface area contributed by atoms with Gasteiger partial charge in [-0.15, -0.1) is 11.3 Å². The van der Waals surface area contributed by atoms with Crippen molar-refractivity contribution in [2.75, 3.05) is 0 Å². The average Bonchev–Trinajstić information content (AvgIpc) is 3.75. The van der Waals surface area contributed by atoms with Crippen LogP contribution in [0, 0.1) is 0 Å². The van der Waals surface area contributed by atoms with E-state index in [1.165, 1.54) is 10.8 Å². The molecule has 0 bridgehead atoms. The van der Waals surface area contributed by atoms with Gasteiger partial charge in [-0.05, 0) is 93.0 Å². The van der Waals surface area contributed by atoms with Crippen LogP contribution >= 0.6 is 11.3 Å². The molecule has 0 saturated heterocycles. The van der Waals surface area contributed by atoms with Crippen LogP contribution < -0.4 is 0 Å². The Morgan fingerprint density at radius 1 is 0.647 bits per heavy atom. The van der Waals surface area contributed by atoms with E-state index < -0.39 is 0 Å². The normalized spacial score (nSPS) is 12.2. The maximum absolute atomic E-state index is 10.7. The zero-order chi connectivity index (χ0) is 34.7. The summed E-state index contributed by atoms with van der Waals surface area (Å²) < 4.78 is 7.25. The van der Waals surface area contributed by atoms with Crippen LogP contribution in [-0.2, 0) is 5.41 Å². The SMILES string of the molecule is CC(C)(C)c1ccc(O)c(C=Nc2ccccc2-c2nc3c(-c4cccc5ccccc45)cc(-c4ccc5oc6ccccc6c5c4)cc3s2)c1. The molecule has 0 spiro atoms. The highest BCUT2D eigenvalue weighted by Crippen LogP contribution is 2.44. The molecule has 0 atom stereocenters. The van der Waals surface area contributed by atoms with Crippen LogP contribution in [0.5, 0.6) is 5.75 Å². The fourth-order valence-electron chi connectivity index (χ4n) is 6.91. The summed E-state index contributed by atoms with van der Waals surface area (Å²) in [5.41, 5.74) is 10.7. The number of hydrogen-bond acceptors (Lipinski definition) is 5. The third-order valence-electron chi connectivity index (χ3n) is 9.66. The maximum atomic E-state index is 10.7. The van der Waals surface area contributed by atoms with Gasteiger partial charge in [0.25, 0.3) is 0 Å². The Bertz CT molecular complexity index is 2810. The lowest BCUT2D eigenvalue weighted by atomic mass is 9.86. The van der Waals surface area contributed by atoms with E-state index >= 15 is 0 Å². The number of thiazole rings is 1. The second-order valence-corrected chi connectivity index (χ2v) is 15.1. The molecule has 0 aliphatic heterocycles. The molecule has 0 unspecified atom stereocenters. The molecule has 0 saturated carbocycles. The van der Waals surface area contributed by atoms with Gasteiger partial charge in [-0.3, -0.25) is 4.99 Å². The van der Waals surface area contributed by atoms with Crippen molar-refractivity contribution in [1.29, 1.82) is 0 Å². The van der Waals surface area contributed by atoms with Gasteiger partial charge in [-0.25, -0.2) is 4.98 Å². The zero-order valence-corrected chi connectivity index (χ0v) is 29.3.